The quantitative estimate of drug-likeness (QED) is 0.619. The number of para-hydroxylation sites is 1. The Morgan fingerprint density at radius 3 is 2.43 bits per heavy atom. The lowest BCUT2D eigenvalue weighted by Crippen LogP contribution is -2.51. The summed E-state index contributed by atoms with van der Waals surface area (Å²) in [7, 11) is 1.63. The highest BCUT2D eigenvalue weighted by Crippen LogP contribution is 2.30. The Bertz CT molecular complexity index is 880. The third kappa shape index (κ3) is 4.86. The van der Waals surface area contributed by atoms with Gasteiger partial charge in [-0.15, -0.1) is 10.2 Å². The molecule has 0 radical (unpaired) electrons. The van der Waals surface area contributed by atoms with Crippen LogP contribution >= 0.6 is 11.8 Å². The lowest BCUT2D eigenvalue weighted by molar-refractivity contribution is -0.129. The maximum atomic E-state index is 12.6. The lowest BCUT2D eigenvalue weighted by atomic mass is 10.2. The minimum atomic E-state index is -0.320. The van der Waals surface area contributed by atoms with Crippen molar-refractivity contribution in [3.05, 3.63) is 24.3 Å². The van der Waals surface area contributed by atoms with E-state index in [-0.39, 0.29) is 17.8 Å². The van der Waals surface area contributed by atoms with E-state index in [1.165, 1.54) is 11.8 Å². The van der Waals surface area contributed by atoms with Crippen molar-refractivity contribution in [1.82, 2.24) is 24.6 Å². The molecule has 0 N–H and O–H groups in total. The number of carbonyl (C=O) groups is 2. The molecule has 2 aromatic rings. The molecule has 9 nitrogen and oxygen atoms in total. The van der Waals surface area contributed by atoms with Gasteiger partial charge in [0.25, 0.3) is 0 Å². The average molecular weight is 434 g/mol. The second kappa shape index (κ2) is 10.3. The first kappa shape index (κ1) is 21.9. The van der Waals surface area contributed by atoms with E-state index in [4.69, 9.17) is 9.47 Å². The summed E-state index contributed by atoms with van der Waals surface area (Å²) in [5.41, 5.74) is 0.864. The normalized spacial score (nSPS) is 14.0. The summed E-state index contributed by atoms with van der Waals surface area (Å²) >= 11 is 1.37. The van der Waals surface area contributed by atoms with Gasteiger partial charge < -0.3 is 23.8 Å². The van der Waals surface area contributed by atoms with Crippen molar-refractivity contribution in [2.24, 2.45) is 0 Å². The van der Waals surface area contributed by atoms with Crippen molar-refractivity contribution in [2.75, 3.05) is 45.6 Å². The molecule has 30 heavy (non-hydrogen) atoms. The largest absolute Gasteiger partial charge is 0.496 e. The SMILES string of the molecule is CCOC(=O)N1CCN(C(=O)CSc2nnc(-c3ccccc3OC)n2CC)CC1. The summed E-state index contributed by atoms with van der Waals surface area (Å²) in [5.74, 6) is 1.73. The van der Waals surface area contributed by atoms with Gasteiger partial charge in [-0.05, 0) is 26.0 Å². The van der Waals surface area contributed by atoms with E-state index >= 15 is 0 Å². The molecule has 0 unspecified atom stereocenters. The van der Waals surface area contributed by atoms with Crippen molar-refractivity contribution in [3.8, 4) is 17.1 Å². The number of ether oxygens (including phenoxy) is 2. The fourth-order valence-corrected chi connectivity index (χ4v) is 4.19. The van der Waals surface area contributed by atoms with Crippen molar-refractivity contribution in [1.29, 1.82) is 0 Å². The van der Waals surface area contributed by atoms with E-state index in [1.54, 1.807) is 23.8 Å². The van der Waals surface area contributed by atoms with Crippen molar-refractivity contribution < 1.29 is 19.1 Å². The third-order valence-electron chi connectivity index (χ3n) is 4.86. The summed E-state index contributed by atoms with van der Waals surface area (Å²) in [4.78, 5) is 27.8. The van der Waals surface area contributed by atoms with Gasteiger partial charge in [-0.1, -0.05) is 23.9 Å². The van der Waals surface area contributed by atoms with Gasteiger partial charge in [-0.3, -0.25) is 4.79 Å². The maximum absolute atomic E-state index is 12.6. The van der Waals surface area contributed by atoms with E-state index in [0.29, 0.717) is 50.3 Å². The Morgan fingerprint density at radius 2 is 1.77 bits per heavy atom. The van der Waals surface area contributed by atoms with Crippen LogP contribution in [0.3, 0.4) is 0 Å². The molecule has 1 aromatic heterocycles. The second-order valence-electron chi connectivity index (χ2n) is 6.61. The van der Waals surface area contributed by atoms with Crippen molar-refractivity contribution in [3.63, 3.8) is 0 Å². The van der Waals surface area contributed by atoms with Gasteiger partial charge in [0, 0.05) is 32.7 Å². The Hall–Kier alpha value is -2.75. The number of piperazine rings is 1. The van der Waals surface area contributed by atoms with E-state index in [9.17, 15) is 9.59 Å². The topological polar surface area (TPSA) is 89.8 Å². The molecular formula is C20H27N5O4S. The standard InChI is InChI=1S/C20H27N5O4S/c1-4-25-18(15-8-6-7-9-16(15)28-3)21-22-19(25)30-14-17(26)23-10-12-24(13-11-23)20(27)29-5-2/h6-9H,4-5,10-14H2,1-3H3. The molecule has 1 aliphatic heterocycles. The summed E-state index contributed by atoms with van der Waals surface area (Å²) in [6.07, 6.45) is -0.320. The van der Waals surface area contributed by atoms with Crippen LogP contribution in [0.4, 0.5) is 4.79 Å². The number of amides is 2. The van der Waals surface area contributed by atoms with Crippen molar-refractivity contribution >= 4 is 23.8 Å². The number of thioether (sulfide) groups is 1. The number of benzene rings is 1. The minimum Gasteiger partial charge on any atom is -0.496 e. The van der Waals surface area contributed by atoms with Crippen molar-refractivity contribution in [2.45, 2.75) is 25.5 Å². The van der Waals surface area contributed by atoms with Crippen LogP contribution in [0.15, 0.2) is 29.4 Å². The first-order valence-electron chi connectivity index (χ1n) is 9.97. The fraction of sp³-hybridized carbons (Fsp3) is 0.500. The Balaban J connectivity index is 1.61. The van der Waals surface area contributed by atoms with E-state index in [1.807, 2.05) is 35.8 Å². The molecule has 10 heteroatoms. The van der Waals surface area contributed by atoms with Crippen LogP contribution in [0.25, 0.3) is 11.4 Å². The molecule has 1 fully saturated rings. The number of aromatic nitrogens is 3. The van der Waals surface area contributed by atoms with Crippen LogP contribution in [0.1, 0.15) is 13.8 Å². The number of methoxy groups -OCH3 is 1. The molecule has 2 amide bonds. The van der Waals surface area contributed by atoms with E-state index < -0.39 is 0 Å². The van der Waals surface area contributed by atoms with Crippen LogP contribution in [0.5, 0.6) is 5.75 Å². The highest BCUT2D eigenvalue weighted by atomic mass is 32.2. The molecule has 0 atom stereocenters. The number of carbonyl (C=O) groups excluding carboxylic acids is 2. The predicted molar refractivity (Wildman–Crippen MR) is 114 cm³/mol. The first-order chi connectivity index (χ1) is 14.6. The Kier molecular flexibility index (Phi) is 7.56. The molecule has 1 aliphatic rings. The molecule has 0 aliphatic carbocycles. The maximum Gasteiger partial charge on any atom is 0.409 e. The minimum absolute atomic E-state index is 0.0213. The monoisotopic (exact) mass is 433 g/mol. The van der Waals surface area contributed by atoms with Crippen LogP contribution in [-0.4, -0.2) is 82.2 Å². The molecular weight excluding hydrogens is 406 g/mol. The first-order valence-corrected chi connectivity index (χ1v) is 11.0. The summed E-state index contributed by atoms with van der Waals surface area (Å²) in [6, 6.07) is 7.66. The van der Waals surface area contributed by atoms with Gasteiger partial charge in [0.15, 0.2) is 11.0 Å². The van der Waals surface area contributed by atoms with Gasteiger partial charge in [-0.25, -0.2) is 4.79 Å². The van der Waals surface area contributed by atoms with Gasteiger partial charge in [0.05, 0.1) is 25.0 Å². The Morgan fingerprint density at radius 1 is 1.07 bits per heavy atom. The molecule has 0 bridgehead atoms. The van der Waals surface area contributed by atoms with Gasteiger partial charge in [0.2, 0.25) is 5.91 Å². The van der Waals surface area contributed by atoms with Crippen LogP contribution in [0.2, 0.25) is 0 Å². The van der Waals surface area contributed by atoms with Crippen LogP contribution < -0.4 is 4.74 Å². The summed E-state index contributed by atoms with van der Waals surface area (Å²) < 4.78 is 12.4. The zero-order chi connectivity index (χ0) is 21.5. The summed E-state index contributed by atoms with van der Waals surface area (Å²) in [6.45, 7) is 6.80. The molecule has 1 saturated heterocycles. The van der Waals surface area contributed by atoms with E-state index in [0.717, 1.165) is 11.3 Å². The predicted octanol–water partition coefficient (Wildman–Crippen LogP) is 2.37. The molecule has 3 rings (SSSR count). The summed E-state index contributed by atoms with van der Waals surface area (Å²) in [5, 5.41) is 9.32. The molecule has 0 saturated carbocycles. The molecule has 1 aromatic carbocycles. The zero-order valence-electron chi connectivity index (χ0n) is 17.5. The lowest BCUT2D eigenvalue weighted by Gasteiger charge is -2.34. The number of hydrogen-bond acceptors (Lipinski definition) is 7. The third-order valence-corrected chi connectivity index (χ3v) is 5.82. The van der Waals surface area contributed by atoms with Crippen LogP contribution in [0, 0.1) is 0 Å². The van der Waals surface area contributed by atoms with Gasteiger partial charge >= 0.3 is 6.09 Å². The number of hydrogen-bond donors (Lipinski definition) is 0. The smallest absolute Gasteiger partial charge is 0.409 e. The fourth-order valence-electron chi connectivity index (χ4n) is 3.28. The zero-order valence-corrected chi connectivity index (χ0v) is 18.4. The molecule has 2 heterocycles. The molecule has 0 spiro atoms. The van der Waals surface area contributed by atoms with Gasteiger partial charge in [-0.2, -0.15) is 0 Å². The number of rotatable bonds is 7. The highest BCUT2D eigenvalue weighted by molar-refractivity contribution is 7.99. The van der Waals surface area contributed by atoms with Gasteiger partial charge in [0.1, 0.15) is 5.75 Å². The van der Waals surface area contributed by atoms with E-state index in [2.05, 4.69) is 10.2 Å². The molecule has 162 valence electrons. The van der Waals surface area contributed by atoms with Crippen LogP contribution in [-0.2, 0) is 16.1 Å². The highest BCUT2D eigenvalue weighted by Gasteiger charge is 2.25. The average Bonchev–Trinajstić information content (AvgIpc) is 3.20. The second-order valence-corrected chi connectivity index (χ2v) is 7.55. The Labute approximate surface area is 180 Å². The number of nitrogens with zero attached hydrogens (tertiary/aromatic N) is 5.